The van der Waals surface area contributed by atoms with Gasteiger partial charge in [-0.3, -0.25) is 4.79 Å². The van der Waals surface area contributed by atoms with Gasteiger partial charge in [0.05, 0.1) is 0 Å². The van der Waals surface area contributed by atoms with Crippen LogP contribution >= 0.6 is 0 Å². The van der Waals surface area contributed by atoms with E-state index in [1.54, 1.807) is 4.90 Å². The second-order valence-corrected chi connectivity index (χ2v) is 7.39. The van der Waals surface area contributed by atoms with E-state index < -0.39 is 24.3 Å². The first-order chi connectivity index (χ1) is 10.6. The molecule has 3 fully saturated rings. The van der Waals surface area contributed by atoms with Crippen molar-refractivity contribution < 1.29 is 27.5 Å². The number of carbonyl (C=O) groups excluding carboxylic acids is 2. The number of carbonyl (C=O) groups is 2. The number of fused-ring (bicyclic) bond motifs is 1. The summed E-state index contributed by atoms with van der Waals surface area (Å²) in [6, 6.07) is 0. The van der Waals surface area contributed by atoms with Gasteiger partial charge in [0, 0.05) is 19.0 Å². The molecule has 3 atom stereocenters. The van der Waals surface area contributed by atoms with Gasteiger partial charge >= 0.3 is 12.3 Å². The molecule has 0 radical (unpaired) electrons. The lowest BCUT2D eigenvalue weighted by Gasteiger charge is -2.23. The van der Waals surface area contributed by atoms with Crippen molar-refractivity contribution in [2.24, 2.45) is 23.2 Å². The lowest BCUT2D eigenvalue weighted by Crippen LogP contribution is -2.44. The van der Waals surface area contributed by atoms with Gasteiger partial charge in [0.25, 0.3) is 0 Å². The van der Waals surface area contributed by atoms with Gasteiger partial charge in [0.1, 0.15) is 6.54 Å². The molecule has 2 amide bonds. The number of alkyl carbamates (subject to hydrolysis) is 1. The molecular weight excluding hydrogens is 313 g/mol. The van der Waals surface area contributed by atoms with Crippen molar-refractivity contribution in [3.63, 3.8) is 0 Å². The molecule has 0 spiro atoms. The Bertz CT molecular complexity index is 503. The Labute approximate surface area is 132 Å². The summed E-state index contributed by atoms with van der Waals surface area (Å²) in [6.45, 7) is 5.30. The second kappa shape index (κ2) is 5.27. The molecule has 23 heavy (non-hydrogen) atoms. The van der Waals surface area contributed by atoms with Crippen molar-refractivity contribution in [2.75, 3.05) is 19.6 Å². The van der Waals surface area contributed by atoms with Crippen LogP contribution in [0.2, 0.25) is 0 Å². The summed E-state index contributed by atoms with van der Waals surface area (Å²) in [5.41, 5.74) is 0.271. The molecule has 8 heteroatoms. The minimum absolute atomic E-state index is 0.271. The largest absolute Gasteiger partial charge is 0.436 e. The summed E-state index contributed by atoms with van der Waals surface area (Å²) in [7, 11) is 0. The Kier molecular flexibility index (Phi) is 3.76. The number of likely N-dealkylation sites (tertiary alicyclic amines) is 1. The molecule has 0 bridgehead atoms. The molecule has 5 nitrogen and oxygen atoms in total. The molecule has 3 rings (SSSR count). The Morgan fingerprint density at radius 1 is 1.26 bits per heavy atom. The predicted molar refractivity (Wildman–Crippen MR) is 74.4 cm³/mol. The van der Waals surface area contributed by atoms with Crippen molar-refractivity contribution in [3.8, 4) is 0 Å². The van der Waals surface area contributed by atoms with E-state index in [0.29, 0.717) is 37.8 Å². The van der Waals surface area contributed by atoms with Crippen molar-refractivity contribution >= 4 is 12.0 Å². The van der Waals surface area contributed by atoms with Gasteiger partial charge in [-0.2, -0.15) is 13.2 Å². The molecule has 3 aliphatic rings. The van der Waals surface area contributed by atoms with Gasteiger partial charge in [-0.25, -0.2) is 4.79 Å². The maximum absolute atomic E-state index is 12.8. The van der Waals surface area contributed by atoms with Gasteiger partial charge in [-0.1, -0.05) is 13.8 Å². The molecule has 0 aromatic heterocycles. The Morgan fingerprint density at radius 3 is 2.30 bits per heavy atom. The second-order valence-electron chi connectivity index (χ2n) is 7.39. The molecule has 1 N–H and O–H groups in total. The number of halogens is 3. The van der Waals surface area contributed by atoms with Gasteiger partial charge in [-0.05, 0) is 30.1 Å². The van der Waals surface area contributed by atoms with Crippen molar-refractivity contribution in [3.05, 3.63) is 0 Å². The highest BCUT2D eigenvalue weighted by Gasteiger charge is 2.62. The van der Waals surface area contributed by atoms with Crippen LogP contribution in [-0.2, 0) is 9.53 Å². The van der Waals surface area contributed by atoms with Crippen molar-refractivity contribution in [1.29, 1.82) is 0 Å². The third-order valence-corrected chi connectivity index (χ3v) is 5.47. The minimum atomic E-state index is -4.57. The van der Waals surface area contributed by atoms with E-state index in [9.17, 15) is 22.8 Å². The van der Waals surface area contributed by atoms with Gasteiger partial charge in [0.2, 0.25) is 12.0 Å². The Balaban J connectivity index is 1.42. The van der Waals surface area contributed by atoms with E-state index >= 15 is 0 Å². The zero-order valence-corrected chi connectivity index (χ0v) is 13.2. The van der Waals surface area contributed by atoms with Crippen LogP contribution in [0.15, 0.2) is 0 Å². The van der Waals surface area contributed by atoms with Crippen LogP contribution in [0.1, 0.15) is 26.7 Å². The van der Waals surface area contributed by atoms with Crippen molar-refractivity contribution in [2.45, 2.75) is 39.0 Å². The smallest absolute Gasteiger partial charge is 0.425 e. The lowest BCUT2D eigenvalue weighted by molar-refractivity contribution is -0.209. The number of alkyl halides is 3. The quantitative estimate of drug-likeness (QED) is 0.857. The molecule has 2 saturated carbocycles. The highest BCUT2D eigenvalue weighted by atomic mass is 19.4. The van der Waals surface area contributed by atoms with E-state index in [1.807, 2.05) is 0 Å². The van der Waals surface area contributed by atoms with E-state index in [2.05, 4.69) is 23.9 Å². The molecule has 1 aliphatic heterocycles. The van der Waals surface area contributed by atoms with E-state index in [-0.39, 0.29) is 17.9 Å². The summed E-state index contributed by atoms with van der Waals surface area (Å²) in [4.78, 5) is 25.2. The number of amides is 2. The van der Waals surface area contributed by atoms with Crippen LogP contribution in [0.5, 0.6) is 0 Å². The van der Waals surface area contributed by atoms with Crippen LogP contribution in [-0.4, -0.2) is 48.8 Å². The zero-order chi connectivity index (χ0) is 17.0. The molecule has 130 valence electrons. The minimum Gasteiger partial charge on any atom is -0.436 e. The standard InChI is InChI=1S/C15H21F3N2O3/c1-14(2)9-6-20(7-10(9)14)11(21)5-19-13(22)23-12(8-3-4-8)15(16,17)18/h8-10,12H,3-7H2,1-2H3,(H,19,22). The van der Waals surface area contributed by atoms with Crippen LogP contribution in [0.25, 0.3) is 0 Å². The third kappa shape index (κ3) is 3.26. The van der Waals surface area contributed by atoms with Gasteiger partial charge in [0.15, 0.2) is 0 Å². The SMILES string of the molecule is CC1(C)C2CN(C(=O)CNC(=O)OC(C3CC3)C(F)(F)F)CC21. The first-order valence-electron chi connectivity index (χ1n) is 7.89. The summed E-state index contributed by atoms with van der Waals surface area (Å²) in [5.74, 6) is 0.0510. The lowest BCUT2D eigenvalue weighted by atomic mass is 10.1. The number of hydrogen-bond acceptors (Lipinski definition) is 3. The average Bonchev–Trinajstić information content (AvgIpc) is 3.28. The molecule has 1 saturated heterocycles. The monoisotopic (exact) mass is 334 g/mol. The molecule has 0 aromatic carbocycles. The van der Waals surface area contributed by atoms with Gasteiger partial charge < -0.3 is 15.0 Å². The van der Waals surface area contributed by atoms with E-state index in [1.165, 1.54) is 0 Å². The van der Waals surface area contributed by atoms with Crippen LogP contribution in [0, 0.1) is 23.2 Å². The number of hydrogen-bond donors (Lipinski definition) is 1. The molecule has 0 aromatic rings. The number of piperidine rings is 1. The fraction of sp³-hybridized carbons (Fsp3) is 0.867. The summed E-state index contributed by atoms with van der Waals surface area (Å²) >= 11 is 0. The third-order valence-electron chi connectivity index (χ3n) is 5.47. The summed E-state index contributed by atoms with van der Waals surface area (Å²) in [6.07, 6.45) is -7.01. The van der Waals surface area contributed by atoms with Gasteiger partial charge in [-0.15, -0.1) is 0 Å². The highest BCUT2D eigenvalue weighted by molar-refractivity contribution is 5.82. The fourth-order valence-corrected chi connectivity index (χ4v) is 3.58. The molecule has 3 unspecified atom stereocenters. The zero-order valence-electron chi connectivity index (χ0n) is 13.2. The average molecular weight is 334 g/mol. The first-order valence-corrected chi connectivity index (χ1v) is 7.89. The maximum Gasteiger partial charge on any atom is 0.425 e. The van der Waals surface area contributed by atoms with Crippen molar-refractivity contribution in [1.82, 2.24) is 10.2 Å². The van der Waals surface area contributed by atoms with E-state index in [4.69, 9.17) is 0 Å². The number of nitrogens with one attached hydrogen (secondary N) is 1. The van der Waals surface area contributed by atoms with Crippen LogP contribution in [0.3, 0.4) is 0 Å². The highest BCUT2D eigenvalue weighted by Crippen LogP contribution is 2.61. The van der Waals surface area contributed by atoms with E-state index in [0.717, 1.165) is 0 Å². The molecular formula is C15H21F3N2O3. The summed E-state index contributed by atoms with van der Waals surface area (Å²) < 4.78 is 42.7. The predicted octanol–water partition coefficient (Wildman–Crippen LogP) is 2.17. The number of rotatable bonds is 4. The summed E-state index contributed by atoms with van der Waals surface area (Å²) in [5, 5.41) is 2.14. The molecule has 1 heterocycles. The first kappa shape index (κ1) is 16.4. The fourth-order valence-electron chi connectivity index (χ4n) is 3.58. The normalized spacial score (nSPS) is 29.7. The topological polar surface area (TPSA) is 58.6 Å². The number of ether oxygens (including phenoxy) is 1. The Morgan fingerprint density at radius 2 is 1.83 bits per heavy atom. The number of nitrogens with zero attached hydrogens (tertiary/aromatic N) is 1. The maximum atomic E-state index is 12.8. The van der Waals surface area contributed by atoms with Crippen LogP contribution in [0.4, 0.5) is 18.0 Å². The molecule has 2 aliphatic carbocycles. The van der Waals surface area contributed by atoms with Crippen LogP contribution < -0.4 is 5.32 Å². The Hall–Kier alpha value is -1.47.